The molecule has 0 unspecified atom stereocenters. The predicted octanol–water partition coefficient (Wildman–Crippen LogP) is 4.52. The number of aryl methyl sites for hydroxylation is 1. The minimum absolute atomic E-state index is 0.0655. The molecular weight excluding hydrogens is 382 g/mol. The van der Waals surface area contributed by atoms with E-state index in [2.05, 4.69) is 31.2 Å². The maximum Gasteiger partial charge on any atom is 0.230 e. The standard InChI is InChI=1S/C15H12BrN3OS2/c1-9-14(22-8-17-9)12-7-21-15(18-12)19-13(20)6-10-2-4-11(16)5-3-10/h2-5,7-8H,6H2,1H3,(H,18,19,20). The van der Waals surface area contributed by atoms with Crippen molar-refractivity contribution in [1.29, 1.82) is 0 Å². The Kier molecular flexibility index (Phi) is 4.66. The van der Waals surface area contributed by atoms with Gasteiger partial charge in [-0.2, -0.15) is 0 Å². The van der Waals surface area contributed by atoms with E-state index >= 15 is 0 Å². The molecule has 3 rings (SSSR count). The molecule has 0 radical (unpaired) electrons. The maximum atomic E-state index is 12.1. The van der Waals surface area contributed by atoms with E-state index in [-0.39, 0.29) is 5.91 Å². The van der Waals surface area contributed by atoms with Crippen LogP contribution < -0.4 is 5.32 Å². The van der Waals surface area contributed by atoms with Gasteiger partial charge in [-0.25, -0.2) is 9.97 Å². The van der Waals surface area contributed by atoms with Crippen molar-refractivity contribution in [2.45, 2.75) is 13.3 Å². The highest BCUT2D eigenvalue weighted by atomic mass is 79.9. The predicted molar refractivity (Wildman–Crippen MR) is 94.4 cm³/mol. The van der Waals surface area contributed by atoms with Gasteiger partial charge in [0.25, 0.3) is 0 Å². The number of thiazole rings is 2. The minimum atomic E-state index is -0.0655. The molecule has 3 aromatic rings. The van der Waals surface area contributed by atoms with Crippen LogP contribution in [0.5, 0.6) is 0 Å². The Hall–Kier alpha value is -1.57. The van der Waals surface area contributed by atoms with Crippen LogP contribution in [-0.4, -0.2) is 15.9 Å². The summed E-state index contributed by atoms with van der Waals surface area (Å²) < 4.78 is 1.00. The molecule has 4 nitrogen and oxygen atoms in total. The number of amides is 1. The number of benzene rings is 1. The maximum absolute atomic E-state index is 12.1. The first kappa shape index (κ1) is 15.3. The highest BCUT2D eigenvalue weighted by Gasteiger charge is 2.11. The van der Waals surface area contributed by atoms with Gasteiger partial charge >= 0.3 is 0 Å². The Morgan fingerprint density at radius 3 is 2.73 bits per heavy atom. The van der Waals surface area contributed by atoms with Crippen molar-refractivity contribution in [3.63, 3.8) is 0 Å². The number of rotatable bonds is 4. The van der Waals surface area contributed by atoms with E-state index in [1.165, 1.54) is 11.3 Å². The molecule has 0 aliphatic carbocycles. The highest BCUT2D eigenvalue weighted by molar-refractivity contribution is 9.10. The number of hydrogen-bond acceptors (Lipinski definition) is 5. The van der Waals surface area contributed by atoms with Crippen molar-refractivity contribution in [2.75, 3.05) is 5.32 Å². The number of nitrogens with zero attached hydrogens (tertiary/aromatic N) is 2. The van der Waals surface area contributed by atoms with Crippen LogP contribution in [0.1, 0.15) is 11.3 Å². The molecule has 0 aliphatic heterocycles. The molecule has 0 bridgehead atoms. The van der Waals surface area contributed by atoms with E-state index in [1.54, 1.807) is 16.8 Å². The summed E-state index contributed by atoms with van der Waals surface area (Å²) in [5.74, 6) is -0.0655. The molecule has 0 saturated carbocycles. The van der Waals surface area contributed by atoms with Gasteiger partial charge in [0.1, 0.15) is 0 Å². The molecule has 22 heavy (non-hydrogen) atoms. The molecule has 1 amide bonds. The fraction of sp³-hybridized carbons (Fsp3) is 0.133. The van der Waals surface area contributed by atoms with Crippen LogP contribution in [0.25, 0.3) is 10.6 Å². The smallest absolute Gasteiger partial charge is 0.230 e. The van der Waals surface area contributed by atoms with E-state index in [1.807, 2.05) is 36.6 Å². The van der Waals surface area contributed by atoms with Gasteiger partial charge in [0, 0.05) is 9.85 Å². The van der Waals surface area contributed by atoms with E-state index in [9.17, 15) is 4.79 Å². The third-order valence-electron chi connectivity index (χ3n) is 3.01. The van der Waals surface area contributed by atoms with Gasteiger partial charge in [-0.3, -0.25) is 4.79 Å². The number of aromatic nitrogens is 2. The zero-order chi connectivity index (χ0) is 15.5. The first-order chi connectivity index (χ1) is 10.6. The van der Waals surface area contributed by atoms with Crippen LogP contribution >= 0.6 is 38.6 Å². The van der Waals surface area contributed by atoms with Gasteiger partial charge < -0.3 is 5.32 Å². The lowest BCUT2D eigenvalue weighted by Gasteiger charge is -2.02. The third-order valence-corrected chi connectivity index (χ3v) is 5.24. The van der Waals surface area contributed by atoms with Crippen molar-refractivity contribution >= 4 is 49.6 Å². The molecule has 1 aromatic carbocycles. The number of anilines is 1. The lowest BCUT2D eigenvalue weighted by Crippen LogP contribution is -2.14. The quantitative estimate of drug-likeness (QED) is 0.708. The van der Waals surface area contributed by atoms with Crippen molar-refractivity contribution < 1.29 is 4.79 Å². The zero-order valence-electron chi connectivity index (χ0n) is 11.7. The van der Waals surface area contributed by atoms with Gasteiger partial charge in [0.15, 0.2) is 5.13 Å². The fourth-order valence-corrected chi connectivity index (χ4v) is 3.76. The normalized spacial score (nSPS) is 10.6. The molecule has 112 valence electrons. The molecule has 7 heteroatoms. The largest absolute Gasteiger partial charge is 0.302 e. The van der Waals surface area contributed by atoms with Crippen molar-refractivity contribution in [1.82, 2.24) is 9.97 Å². The van der Waals surface area contributed by atoms with Gasteiger partial charge in [-0.05, 0) is 24.6 Å². The first-order valence-electron chi connectivity index (χ1n) is 6.52. The summed E-state index contributed by atoms with van der Waals surface area (Å²) in [7, 11) is 0. The average Bonchev–Trinajstić information content (AvgIpc) is 3.10. The summed E-state index contributed by atoms with van der Waals surface area (Å²) in [6.45, 7) is 1.96. The topological polar surface area (TPSA) is 54.9 Å². The molecule has 0 atom stereocenters. The molecule has 1 N–H and O–H groups in total. The Bertz CT molecular complexity index is 795. The van der Waals surface area contributed by atoms with E-state index in [0.29, 0.717) is 11.6 Å². The SMILES string of the molecule is Cc1ncsc1-c1csc(NC(=O)Cc2ccc(Br)cc2)n1. The monoisotopic (exact) mass is 393 g/mol. The number of nitrogens with one attached hydrogen (secondary N) is 1. The highest BCUT2D eigenvalue weighted by Crippen LogP contribution is 2.30. The van der Waals surface area contributed by atoms with E-state index in [4.69, 9.17) is 0 Å². The lowest BCUT2D eigenvalue weighted by atomic mass is 10.1. The molecule has 0 spiro atoms. The Morgan fingerprint density at radius 2 is 2.05 bits per heavy atom. The van der Waals surface area contributed by atoms with Crippen LogP contribution in [-0.2, 0) is 11.2 Å². The van der Waals surface area contributed by atoms with E-state index in [0.717, 1.165) is 26.3 Å². The molecule has 0 fully saturated rings. The number of halogens is 1. The summed E-state index contributed by atoms with van der Waals surface area (Å²) in [4.78, 5) is 21.8. The van der Waals surface area contributed by atoms with Crippen molar-refractivity contribution in [3.8, 4) is 10.6 Å². The number of hydrogen-bond donors (Lipinski definition) is 1. The van der Waals surface area contributed by atoms with Crippen LogP contribution in [0.4, 0.5) is 5.13 Å². The summed E-state index contributed by atoms with van der Waals surface area (Å²) in [6, 6.07) is 7.71. The Balaban J connectivity index is 1.66. The van der Waals surface area contributed by atoms with Gasteiger partial charge in [-0.1, -0.05) is 28.1 Å². The van der Waals surface area contributed by atoms with Crippen molar-refractivity contribution in [2.24, 2.45) is 0 Å². The second-order valence-corrected chi connectivity index (χ2v) is 7.28. The molecule has 2 heterocycles. The second kappa shape index (κ2) is 6.68. The molecule has 0 aliphatic rings. The number of carbonyl (C=O) groups is 1. The Morgan fingerprint density at radius 1 is 1.27 bits per heavy atom. The van der Waals surface area contributed by atoms with Crippen LogP contribution in [0, 0.1) is 6.92 Å². The van der Waals surface area contributed by atoms with Crippen LogP contribution in [0.3, 0.4) is 0 Å². The summed E-state index contributed by atoms with van der Waals surface area (Å²) >= 11 is 6.36. The number of carbonyl (C=O) groups excluding carboxylic acids is 1. The van der Waals surface area contributed by atoms with Gasteiger partial charge in [-0.15, -0.1) is 22.7 Å². The lowest BCUT2D eigenvalue weighted by molar-refractivity contribution is -0.115. The Labute approximate surface area is 144 Å². The van der Waals surface area contributed by atoms with Gasteiger partial charge in [0.2, 0.25) is 5.91 Å². The van der Waals surface area contributed by atoms with Crippen molar-refractivity contribution in [3.05, 3.63) is 50.9 Å². The van der Waals surface area contributed by atoms with Crippen LogP contribution in [0.2, 0.25) is 0 Å². The first-order valence-corrected chi connectivity index (χ1v) is 9.07. The summed E-state index contributed by atoms with van der Waals surface area (Å²) in [5.41, 5.74) is 4.60. The zero-order valence-corrected chi connectivity index (χ0v) is 14.9. The minimum Gasteiger partial charge on any atom is -0.302 e. The summed E-state index contributed by atoms with van der Waals surface area (Å²) in [5, 5.41) is 5.40. The molecule has 2 aromatic heterocycles. The molecule has 0 saturated heterocycles. The molecular formula is C15H12BrN3OS2. The van der Waals surface area contributed by atoms with Crippen LogP contribution in [0.15, 0.2) is 39.6 Å². The second-order valence-electron chi connectivity index (χ2n) is 4.66. The summed E-state index contributed by atoms with van der Waals surface area (Å²) in [6.07, 6.45) is 0.335. The fourth-order valence-electron chi connectivity index (χ4n) is 1.93. The van der Waals surface area contributed by atoms with Gasteiger partial charge in [0.05, 0.1) is 28.2 Å². The van der Waals surface area contributed by atoms with E-state index < -0.39 is 0 Å². The average molecular weight is 394 g/mol. The third kappa shape index (κ3) is 3.60.